The van der Waals surface area contributed by atoms with E-state index in [2.05, 4.69) is 26.0 Å². The maximum atomic E-state index is 11.7. The average molecular weight is 411 g/mol. The maximum absolute atomic E-state index is 11.7. The lowest BCUT2D eigenvalue weighted by molar-refractivity contribution is -0.150. The predicted molar refractivity (Wildman–Crippen MR) is 121 cm³/mol. The zero-order chi connectivity index (χ0) is 21.4. The predicted octanol–water partition coefficient (Wildman–Crippen LogP) is 7.30. The first-order chi connectivity index (χ1) is 14.2. The molecule has 0 unspecified atom stereocenters. The molecule has 0 aliphatic heterocycles. The van der Waals surface area contributed by atoms with Gasteiger partial charge >= 0.3 is 11.9 Å². The van der Waals surface area contributed by atoms with Crippen LogP contribution >= 0.6 is 0 Å². The Morgan fingerprint density at radius 2 is 0.966 bits per heavy atom. The molecule has 0 amide bonds. The second-order valence-electron chi connectivity index (χ2n) is 7.88. The summed E-state index contributed by atoms with van der Waals surface area (Å²) in [6.07, 6.45) is 22.4. The number of carbonyl (C=O) groups is 2. The smallest absolute Gasteiger partial charge is 0.306 e. The zero-order valence-corrected chi connectivity index (χ0v) is 19.2. The minimum Gasteiger partial charge on any atom is -0.466 e. The van der Waals surface area contributed by atoms with Crippen molar-refractivity contribution in [2.24, 2.45) is 0 Å². The summed E-state index contributed by atoms with van der Waals surface area (Å²) in [7, 11) is 0. The van der Waals surface area contributed by atoms with E-state index in [1.165, 1.54) is 64.2 Å². The quantitative estimate of drug-likeness (QED) is 0.113. The van der Waals surface area contributed by atoms with Crippen LogP contribution in [0.2, 0.25) is 0 Å². The molecule has 0 bridgehead atoms. The van der Waals surface area contributed by atoms with Gasteiger partial charge in [0, 0.05) is 0 Å². The zero-order valence-electron chi connectivity index (χ0n) is 19.2. The molecule has 4 nitrogen and oxygen atoms in total. The van der Waals surface area contributed by atoms with Crippen LogP contribution in [0, 0.1) is 0 Å². The lowest BCUT2D eigenvalue weighted by Crippen LogP contribution is -2.11. The topological polar surface area (TPSA) is 52.6 Å². The molecule has 29 heavy (non-hydrogen) atoms. The molecule has 0 atom stereocenters. The van der Waals surface area contributed by atoms with Crippen molar-refractivity contribution in [2.45, 2.75) is 123 Å². The molecule has 0 aromatic heterocycles. The van der Waals surface area contributed by atoms with Gasteiger partial charge in [0.15, 0.2) is 0 Å². The molecule has 0 rings (SSSR count). The van der Waals surface area contributed by atoms with E-state index in [-0.39, 0.29) is 24.8 Å². The van der Waals surface area contributed by atoms with Gasteiger partial charge in [0.1, 0.15) is 0 Å². The summed E-state index contributed by atoms with van der Waals surface area (Å²) in [6.45, 7) is 5.33. The number of hydrogen-bond acceptors (Lipinski definition) is 4. The third-order valence-corrected chi connectivity index (χ3v) is 4.96. The second kappa shape index (κ2) is 23.0. The SMILES string of the molecule is CCCCC/C=C/CCCOC(=O)CCC(=O)OCCCCCCCCCCC. The molecule has 0 aromatic rings. The first kappa shape index (κ1) is 27.7. The molecule has 0 spiro atoms. The molecule has 170 valence electrons. The highest BCUT2D eigenvalue weighted by molar-refractivity contribution is 5.77. The number of allylic oxidation sites excluding steroid dienone is 2. The van der Waals surface area contributed by atoms with Crippen molar-refractivity contribution >= 4 is 11.9 Å². The van der Waals surface area contributed by atoms with E-state index in [0.717, 1.165) is 32.1 Å². The highest BCUT2D eigenvalue weighted by atomic mass is 16.5. The Morgan fingerprint density at radius 3 is 1.52 bits per heavy atom. The minimum atomic E-state index is -0.308. The van der Waals surface area contributed by atoms with Crippen LogP contribution in [0.25, 0.3) is 0 Å². The summed E-state index contributed by atoms with van der Waals surface area (Å²) in [4.78, 5) is 23.3. The number of carbonyl (C=O) groups excluding carboxylic acids is 2. The average Bonchev–Trinajstić information content (AvgIpc) is 2.72. The first-order valence-corrected chi connectivity index (χ1v) is 12.2. The number of hydrogen-bond donors (Lipinski definition) is 0. The Kier molecular flexibility index (Phi) is 21.9. The molecule has 0 heterocycles. The third-order valence-electron chi connectivity index (χ3n) is 4.96. The fourth-order valence-corrected chi connectivity index (χ4v) is 3.08. The highest BCUT2D eigenvalue weighted by Gasteiger charge is 2.08. The van der Waals surface area contributed by atoms with Gasteiger partial charge in [-0.25, -0.2) is 0 Å². The van der Waals surface area contributed by atoms with Crippen LogP contribution in [0.5, 0.6) is 0 Å². The largest absolute Gasteiger partial charge is 0.466 e. The molecule has 0 aliphatic rings. The van der Waals surface area contributed by atoms with Gasteiger partial charge in [-0.3, -0.25) is 9.59 Å². The van der Waals surface area contributed by atoms with Gasteiger partial charge in [-0.15, -0.1) is 0 Å². The molecule has 4 heteroatoms. The monoisotopic (exact) mass is 410 g/mol. The lowest BCUT2D eigenvalue weighted by Gasteiger charge is -2.06. The maximum Gasteiger partial charge on any atom is 0.306 e. The van der Waals surface area contributed by atoms with E-state index >= 15 is 0 Å². The minimum absolute atomic E-state index is 0.115. The van der Waals surface area contributed by atoms with Gasteiger partial charge in [0.2, 0.25) is 0 Å². The van der Waals surface area contributed by atoms with Gasteiger partial charge < -0.3 is 9.47 Å². The summed E-state index contributed by atoms with van der Waals surface area (Å²) >= 11 is 0. The van der Waals surface area contributed by atoms with Crippen LogP contribution < -0.4 is 0 Å². The lowest BCUT2D eigenvalue weighted by atomic mass is 10.1. The van der Waals surface area contributed by atoms with Gasteiger partial charge in [0.25, 0.3) is 0 Å². The third kappa shape index (κ3) is 22.8. The molecule has 0 radical (unpaired) electrons. The van der Waals surface area contributed by atoms with Gasteiger partial charge in [-0.05, 0) is 32.1 Å². The molecule has 0 fully saturated rings. The molecule has 0 saturated heterocycles. The fourth-order valence-electron chi connectivity index (χ4n) is 3.08. The van der Waals surface area contributed by atoms with Crippen LogP contribution in [0.15, 0.2) is 12.2 Å². The van der Waals surface area contributed by atoms with Crippen molar-refractivity contribution in [3.05, 3.63) is 12.2 Å². The van der Waals surface area contributed by atoms with E-state index in [9.17, 15) is 9.59 Å². The number of rotatable bonds is 21. The van der Waals surface area contributed by atoms with E-state index in [1.807, 2.05) is 0 Å². The van der Waals surface area contributed by atoms with Crippen LogP contribution in [-0.2, 0) is 19.1 Å². The summed E-state index contributed by atoms with van der Waals surface area (Å²) in [6, 6.07) is 0. The van der Waals surface area contributed by atoms with Crippen molar-refractivity contribution < 1.29 is 19.1 Å². The van der Waals surface area contributed by atoms with Crippen molar-refractivity contribution in [1.29, 1.82) is 0 Å². The van der Waals surface area contributed by atoms with Crippen molar-refractivity contribution in [2.75, 3.05) is 13.2 Å². The number of esters is 2. The molecule has 0 saturated carbocycles. The van der Waals surface area contributed by atoms with Gasteiger partial charge in [-0.1, -0.05) is 90.2 Å². The summed E-state index contributed by atoms with van der Waals surface area (Å²) in [5, 5.41) is 0. The van der Waals surface area contributed by atoms with E-state index < -0.39 is 0 Å². The number of ether oxygens (including phenoxy) is 2. The fraction of sp³-hybridized carbons (Fsp3) is 0.840. The molecular formula is C25H46O4. The number of unbranched alkanes of at least 4 members (excludes halogenated alkanes) is 12. The van der Waals surface area contributed by atoms with Crippen molar-refractivity contribution in [3.63, 3.8) is 0 Å². The Hall–Kier alpha value is -1.32. The van der Waals surface area contributed by atoms with Gasteiger partial charge in [-0.2, -0.15) is 0 Å². The van der Waals surface area contributed by atoms with Crippen molar-refractivity contribution in [3.8, 4) is 0 Å². The first-order valence-electron chi connectivity index (χ1n) is 12.2. The molecule has 0 N–H and O–H groups in total. The molecule has 0 aromatic carbocycles. The Balaban J connectivity index is 3.37. The van der Waals surface area contributed by atoms with E-state index in [0.29, 0.717) is 13.2 Å². The normalized spacial score (nSPS) is 11.1. The Labute approximate surface area is 179 Å². The van der Waals surface area contributed by atoms with Crippen molar-refractivity contribution in [1.82, 2.24) is 0 Å². The highest BCUT2D eigenvalue weighted by Crippen LogP contribution is 2.09. The van der Waals surface area contributed by atoms with Crippen LogP contribution in [0.4, 0.5) is 0 Å². The Bertz CT molecular complexity index is 404. The summed E-state index contributed by atoms with van der Waals surface area (Å²) in [5.41, 5.74) is 0. The van der Waals surface area contributed by atoms with Crippen LogP contribution in [0.1, 0.15) is 123 Å². The van der Waals surface area contributed by atoms with Gasteiger partial charge in [0.05, 0.1) is 26.1 Å². The summed E-state index contributed by atoms with van der Waals surface area (Å²) in [5.74, 6) is -0.603. The van der Waals surface area contributed by atoms with Crippen LogP contribution in [-0.4, -0.2) is 25.2 Å². The second-order valence-corrected chi connectivity index (χ2v) is 7.88. The Morgan fingerprint density at radius 1 is 0.552 bits per heavy atom. The molecule has 0 aliphatic carbocycles. The summed E-state index contributed by atoms with van der Waals surface area (Å²) < 4.78 is 10.4. The van der Waals surface area contributed by atoms with E-state index in [1.54, 1.807) is 0 Å². The standard InChI is InChI=1S/C25H46O4/c1-3-5-7-9-11-13-15-17-19-23-29-25(27)21-20-24(26)28-22-18-16-14-12-10-8-6-4-2/h12,14H,3-11,13,15-23H2,1-2H3/b14-12+. The molecular weight excluding hydrogens is 364 g/mol. The van der Waals surface area contributed by atoms with E-state index in [4.69, 9.17) is 9.47 Å². The van der Waals surface area contributed by atoms with Crippen LogP contribution in [0.3, 0.4) is 0 Å².